The van der Waals surface area contributed by atoms with E-state index in [1.165, 1.54) is 66.0 Å². The van der Waals surface area contributed by atoms with E-state index >= 15 is 0 Å². The number of aromatic nitrogens is 2. The molecule has 1 saturated heterocycles. The molecule has 0 bridgehead atoms. The highest BCUT2D eigenvalue weighted by molar-refractivity contribution is 5.86. The van der Waals surface area contributed by atoms with Crippen molar-refractivity contribution in [1.29, 1.82) is 0 Å². The van der Waals surface area contributed by atoms with Gasteiger partial charge in [0.15, 0.2) is 0 Å². The summed E-state index contributed by atoms with van der Waals surface area (Å²) in [5.41, 5.74) is 6.59. The van der Waals surface area contributed by atoms with E-state index in [9.17, 15) is 0 Å². The first-order chi connectivity index (χ1) is 13.7. The predicted molar refractivity (Wildman–Crippen MR) is 116 cm³/mol. The van der Waals surface area contributed by atoms with Crippen LogP contribution < -0.4 is 5.32 Å². The van der Waals surface area contributed by atoms with Crippen LogP contribution in [0.5, 0.6) is 0 Å². The number of piperidine rings is 1. The Morgan fingerprint density at radius 1 is 1.04 bits per heavy atom. The molecule has 5 rings (SSSR count). The third-order valence-corrected chi connectivity index (χ3v) is 6.53. The molecule has 0 aliphatic carbocycles. The number of anilines is 1. The van der Waals surface area contributed by atoms with E-state index in [1.54, 1.807) is 0 Å². The number of fused-ring (bicyclic) bond motifs is 3. The molecule has 2 aliphatic rings. The zero-order valence-electron chi connectivity index (χ0n) is 17.0. The van der Waals surface area contributed by atoms with Gasteiger partial charge in [0.1, 0.15) is 5.82 Å². The van der Waals surface area contributed by atoms with Gasteiger partial charge in [0, 0.05) is 29.8 Å². The van der Waals surface area contributed by atoms with Gasteiger partial charge in [0.25, 0.3) is 0 Å². The van der Waals surface area contributed by atoms with E-state index < -0.39 is 0 Å². The van der Waals surface area contributed by atoms with Crippen molar-refractivity contribution in [3.05, 3.63) is 59.4 Å². The standard InChI is InChI=1S/C24H30N4/c1-17-8-9-20-21(25-17)10-11-22-24(20)26-23(16-18-6-4-3-5-7-18)28(22)19-12-14-27(2)15-13-19/h3-7,10-11,17,19,25H,8-9,12-16H2,1-2H3/t17-/m0/s1. The summed E-state index contributed by atoms with van der Waals surface area (Å²) < 4.78 is 2.58. The molecule has 3 aromatic rings. The summed E-state index contributed by atoms with van der Waals surface area (Å²) in [5, 5.41) is 3.66. The largest absolute Gasteiger partial charge is 0.382 e. The fourth-order valence-electron chi connectivity index (χ4n) is 4.92. The van der Waals surface area contributed by atoms with Crippen LogP contribution in [0.25, 0.3) is 11.0 Å². The lowest BCUT2D eigenvalue weighted by Gasteiger charge is -2.31. The van der Waals surface area contributed by atoms with Gasteiger partial charge in [-0.25, -0.2) is 4.98 Å². The van der Waals surface area contributed by atoms with Crippen LogP contribution in [0.2, 0.25) is 0 Å². The highest BCUT2D eigenvalue weighted by Gasteiger charge is 2.26. The molecule has 28 heavy (non-hydrogen) atoms. The van der Waals surface area contributed by atoms with E-state index in [0.29, 0.717) is 12.1 Å². The second kappa shape index (κ2) is 7.25. The van der Waals surface area contributed by atoms with Crippen LogP contribution >= 0.6 is 0 Å². The summed E-state index contributed by atoms with van der Waals surface area (Å²) in [7, 11) is 2.23. The molecule has 2 aromatic carbocycles. The van der Waals surface area contributed by atoms with Gasteiger partial charge in [0.05, 0.1) is 11.0 Å². The summed E-state index contributed by atoms with van der Waals surface area (Å²) >= 11 is 0. The smallest absolute Gasteiger partial charge is 0.114 e. The topological polar surface area (TPSA) is 33.1 Å². The summed E-state index contributed by atoms with van der Waals surface area (Å²) in [5.74, 6) is 1.22. The van der Waals surface area contributed by atoms with Crippen molar-refractivity contribution in [2.24, 2.45) is 0 Å². The van der Waals surface area contributed by atoms with Gasteiger partial charge in [-0.2, -0.15) is 0 Å². The molecule has 0 spiro atoms. The minimum absolute atomic E-state index is 0.546. The third-order valence-electron chi connectivity index (χ3n) is 6.53. The van der Waals surface area contributed by atoms with E-state index in [0.717, 1.165) is 12.8 Å². The number of imidazole rings is 1. The Balaban J connectivity index is 1.62. The van der Waals surface area contributed by atoms with Crippen LogP contribution in [-0.2, 0) is 12.8 Å². The Bertz CT molecular complexity index is 967. The van der Waals surface area contributed by atoms with Crippen molar-refractivity contribution in [2.45, 2.75) is 51.1 Å². The number of benzene rings is 2. The van der Waals surface area contributed by atoms with Crippen LogP contribution in [0.4, 0.5) is 5.69 Å². The molecule has 1 N–H and O–H groups in total. The molecule has 1 aromatic heterocycles. The molecule has 3 heterocycles. The maximum absolute atomic E-state index is 5.25. The quantitative estimate of drug-likeness (QED) is 0.725. The molecular formula is C24H30N4. The van der Waals surface area contributed by atoms with Gasteiger partial charge in [-0.3, -0.25) is 0 Å². The van der Waals surface area contributed by atoms with Crippen molar-refractivity contribution < 1.29 is 0 Å². The normalized spacial score (nSPS) is 20.9. The number of hydrogen-bond acceptors (Lipinski definition) is 3. The van der Waals surface area contributed by atoms with Crippen LogP contribution in [-0.4, -0.2) is 40.6 Å². The van der Waals surface area contributed by atoms with E-state index in [4.69, 9.17) is 4.98 Å². The fraction of sp³-hybridized carbons (Fsp3) is 0.458. The number of likely N-dealkylation sites (tertiary alicyclic amines) is 1. The first-order valence-electron chi connectivity index (χ1n) is 10.7. The molecule has 4 nitrogen and oxygen atoms in total. The first-order valence-corrected chi connectivity index (χ1v) is 10.7. The highest BCUT2D eigenvalue weighted by atomic mass is 15.2. The summed E-state index contributed by atoms with van der Waals surface area (Å²) in [6.45, 7) is 4.60. The Labute approximate surface area is 167 Å². The lowest BCUT2D eigenvalue weighted by Crippen LogP contribution is -2.32. The second-order valence-electron chi connectivity index (χ2n) is 8.64. The van der Waals surface area contributed by atoms with Gasteiger partial charge in [-0.1, -0.05) is 30.3 Å². The zero-order chi connectivity index (χ0) is 19.1. The van der Waals surface area contributed by atoms with Crippen LogP contribution in [0.3, 0.4) is 0 Å². The third kappa shape index (κ3) is 3.20. The van der Waals surface area contributed by atoms with Crippen molar-refractivity contribution in [1.82, 2.24) is 14.5 Å². The average Bonchev–Trinajstić information content (AvgIpc) is 3.07. The van der Waals surface area contributed by atoms with Crippen molar-refractivity contribution >= 4 is 16.7 Å². The molecule has 0 amide bonds. The van der Waals surface area contributed by atoms with Gasteiger partial charge in [0.2, 0.25) is 0 Å². The molecule has 146 valence electrons. The maximum Gasteiger partial charge on any atom is 0.114 e. The molecule has 1 atom stereocenters. The van der Waals surface area contributed by atoms with Gasteiger partial charge in [-0.15, -0.1) is 0 Å². The number of hydrogen-bond donors (Lipinski definition) is 1. The molecule has 2 aliphatic heterocycles. The molecule has 0 saturated carbocycles. The van der Waals surface area contributed by atoms with Crippen LogP contribution in [0, 0.1) is 0 Å². The molecule has 4 heteroatoms. The van der Waals surface area contributed by atoms with Crippen LogP contribution in [0.15, 0.2) is 42.5 Å². The van der Waals surface area contributed by atoms with Gasteiger partial charge >= 0.3 is 0 Å². The fourth-order valence-corrected chi connectivity index (χ4v) is 4.92. The molecule has 1 fully saturated rings. The maximum atomic E-state index is 5.25. The highest BCUT2D eigenvalue weighted by Crippen LogP contribution is 2.36. The minimum Gasteiger partial charge on any atom is -0.382 e. The van der Waals surface area contributed by atoms with Gasteiger partial charge < -0.3 is 14.8 Å². The molecular weight excluding hydrogens is 344 g/mol. The first kappa shape index (κ1) is 17.7. The van der Waals surface area contributed by atoms with Crippen molar-refractivity contribution in [3.8, 4) is 0 Å². The van der Waals surface area contributed by atoms with E-state index in [2.05, 4.69) is 71.2 Å². The number of rotatable bonds is 3. The Kier molecular flexibility index (Phi) is 4.59. The Morgan fingerprint density at radius 2 is 1.82 bits per heavy atom. The molecule has 0 unspecified atom stereocenters. The lowest BCUT2D eigenvalue weighted by molar-refractivity contribution is 0.222. The van der Waals surface area contributed by atoms with Crippen LogP contribution in [0.1, 0.15) is 49.2 Å². The summed E-state index contributed by atoms with van der Waals surface area (Å²) in [6.07, 6.45) is 5.62. The zero-order valence-corrected chi connectivity index (χ0v) is 17.0. The number of nitrogens with one attached hydrogen (secondary N) is 1. The number of nitrogens with zero attached hydrogens (tertiary/aromatic N) is 3. The average molecular weight is 375 g/mol. The molecule has 0 radical (unpaired) electrons. The van der Waals surface area contributed by atoms with Crippen molar-refractivity contribution in [3.63, 3.8) is 0 Å². The SMILES string of the molecule is C[C@H]1CCc2c(ccc3c2nc(Cc2ccccc2)n3C2CCN(C)CC2)N1. The Morgan fingerprint density at radius 3 is 2.61 bits per heavy atom. The number of aryl methyl sites for hydroxylation is 1. The second-order valence-corrected chi connectivity index (χ2v) is 8.64. The predicted octanol–water partition coefficient (Wildman–Crippen LogP) is 4.64. The monoisotopic (exact) mass is 374 g/mol. The Hall–Kier alpha value is -2.33. The summed E-state index contributed by atoms with van der Waals surface area (Å²) in [4.78, 5) is 7.69. The van der Waals surface area contributed by atoms with Gasteiger partial charge in [-0.05, 0) is 70.4 Å². The summed E-state index contributed by atoms with van der Waals surface area (Å²) in [6, 6.07) is 16.5. The van der Waals surface area contributed by atoms with Crippen molar-refractivity contribution in [2.75, 3.05) is 25.5 Å². The lowest BCUT2D eigenvalue weighted by atomic mass is 9.97. The minimum atomic E-state index is 0.546. The van der Waals surface area contributed by atoms with E-state index in [-0.39, 0.29) is 0 Å². The van der Waals surface area contributed by atoms with E-state index in [1.807, 2.05) is 0 Å².